The molecule has 4 atom stereocenters. The highest BCUT2D eigenvalue weighted by Crippen LogP contribution is 2.40. The summed E-state index contributed by atoms with van der Waals surface area (Å²) in [6.45, 7) is 7.08. The zero-order valence-electron chi connectivity index (χ0n) is 17.6. The molecule has 0 saturated carbocycles. The monoisotopic (exact) mass is 467 g/mol. The van der Waals surface area contributed by atoms with Gasteiger partial charge in [0.25, 0.3) is 5.91 Å². The van der Waals surface area contributed by atoms with Crippen molar-refractivity contribution < 1.29 is 29.0 Å². The van der Waals surface area contributed by atoms with Crippen LogP contribution in [0.4, 0.5) is 4.79 Å². The molecule has 0 aromatic carbocycles. The van der Waals surface area contributed by atoms with Gasteiger partial charge in [-0.25, -0.2) is 9.59 Å². The molecule has 1 aromatic heterocycles. The lowest BCUT2D eigenvalue weighted by molar-refractivity contribution is -0.150. The minimum Gasteiger partial charge on any atom is -0.477 e. The Balaban J connectivity index is 1.65. The minimum atomic E-state index is -1.17. The van der Waals surface area contributed by atoms with Crippen LogP contribution in [0.5, 0.6) is 0 Å². The Morgan fingerprint density at radius 1 is 1.32 bits per heavy atom. The van der Waals surface area contributed by atoms with Crippen LogP contribution >= 0.6 is 23.1 Å². The molecule has 1 saturated heterocycles. The summed E-state index contributed by atoms with van der Waals surface area (Å²) in [4.78, 5) is 50.9. The lowest BCUT2D eigenvalue weighted by Gasteiger charge is -2.49. The van der Waals surface area contributed by atoms with Crippen molar-refractivity contribution in [3.05, 3.63) is 34.2 Å². The Labute approximate surface area is 188 Å². The van der Waals surface area contributed by atoms with Crippen LogP contribution in [0, 0.1) is 0 Å². The van der Waals surface area contributed by atoms with Crippen LogP contribution in [-0.4, -0.2) is 56.2 Å². The van der Waals surface area contributed by atoms with Crippen molar-refractivity contribution in [2.24, 2.45) is 0 Å². The van der Waals surface area contributed by atoms with Crippen LogP contribution in [0.15, 0.2) is 29.3 Å². The van der Waals surface area contributed by atoms with Gasteiger partial charge in [-0.2, -0.15) is 0 Å². The number of hydrogen-bond acceptors (Lipinski definition) is 7. The smallest absolute Gasteiger partial charge is 0.408 e. The van der Waals surface area contributed by atoms with Gasteiger partial charge < -0.3 is 20.5 Å². The third-order valence-electron chi connectivity index (χ3n) is 4.55. The van der Waals surface area contributed by atoms with Gasteiger partial charge in [0.2, 0.25) is 5.91 Å². The molecule has 168 valence electrons. The number of carbonyl (C=O) groups is 4. The molecule has 1 aromatic rings. The Hall–Kier alpha value is -2.53. The topological polar surface area (TPSA) is 125 Å². The maximum Gasteiger partial charge on any atom is 0.408 e. The lowest BCUT2D eigenvalue weighted by Crippen LogP contribution is -2.70. The first kappa shape index (κ1) is 23.1. The molecule has 2 aliphatic rings. The summed E-state index contributed by atoms with van der Waals surface area (Å²) in [6.07, 6.45) is 0.798. The molecule has 0 radical (unpaired) electrons. The molecule has 3 N–H and O–H groups in total. The van der Waals surface area contributed by atoms with Gasteiger partial charge in [-0.1, -0.05) is 6.07 Å². The standard InChI is InChI=1S/C20H25N3O6S2/c1-10-8-12(18(26)27)23-16(25)15(17(23)31-10)22-14(24)9-11(13-6-5-7-30-13)21-19(28)29-20(2,3)4/h5-8,10-11,15,17H,9H2,1-4H3,(H,21,28)(H,22,24)(H,26,27)/t10?,11?,15?,17-/m1/s1. The second-order valence-corrected chi connectivity index (χ2v) is 10.7. The predicted octanol–water partition coefficient (Wildman–Crippen LogP) is 2.46. The Morgan fingerprint density at radius 3 is 2.61 bits per heavy atom. The highest BCUT2D eigenvalue weighted by atomic mass is 32.2. The van der Waals surface area contributed by atoms with Crippen molar-refractivity contribution in [1.82, 2.24) is 15.5 Å². The van der Waals surface area contributed by atoms with Gasteiger partial charge >= 0.3 is 12.1 Å². The van der Waals surface area contributed by atoms with E-state index in [9.17, 15) is 24.3 Å². The van der Waals surface area contributed by atoms with Crippen molar-refractivity contribution in [1.29, 1.82) is 0 Å². The number of β-lactam (4-membered cyclic amide) rings is 1. The molecule has 0 aliphatic carbocycles. The maximum absolute atomic E-state index is 12.7. The van der Waals surface area contributed by atoms with E-state index in [-0.39, 0.29) is 17.4 Å². The van der Waals surface area contributed by atoms with Gasteiger partial charge in [0, 0.05) is 10.1 Å². The molecule has 2 aliphatic heterocycles. The summed E-state index contributed by atoms with van der Waals surface area (Å²) in [5.41, 5.74) is -0.742. The van der Waals surface area contributed by atoms with E-state index in [0.717, 1.165) is 4.88 Å². The fourth-order valence-electron chi connectivity index (χ4n) is 3.31. The van der Waals surface area contributed by atoms with E-state index in [4.69, 9.17) is 4.74 Å². The van der Waals surface area contributed by atoms with E-state index < -0.39 is 46.9 Å². The summed E-state index contributed by atoms with van der Waals surface area (Å²) in [6, 6.07) is 2.19. The molecule has 3 heterocycles. The first-order chi connectivity index (χ1) is 14.5. The van der Waals surface area contributed by atoms with E-state index in [0.29, 0.717) is 0 Å². The zero-order valence-corrected chi connectivity index (χ0v) is 19.2. The average Bonchev–Trinajstić information content (AvgIpc) is 3.18. The molecular formula is C20H25N3O6S2. The molecule has 31 heavy (non-hydrogen) atoms. The fourth-order valence-corrected chi connectivity index (χ4v) is 5.41. The van der Waals surface area contributed by atoms with E-state index in [1.165, 1.54) is 34.1 Å². The number of amides is 3. The molecule has 3 unspecified atom stereocenters. The van der Waals surface area contributed by atoms with Crippen LogP contribution in [0.2, 0.25) is 0 Å². The van der Waals surface area contributed by atoms with Gasteiger partial charge in [0.1, 0.15) is 22.7 Å². The average molecular weight is 468 g/mol. The van der Waals surface area contributed by atoms with Crippen LogP contribution in [0.3, 0.4) is 0 Å². The third kappa shape index (κ3) is 5.40. The summed E-state index contributed by atoms with van der Waals surface area (Å²) in [5.74, 6) is -2.05. The number of aliphatic carboxylic acids is 1. The highest BCUT2D eigenvalue weighted by Gasteiger charge is 2.53. The van der Waals surface area contributed by atoms with Crippen molar-refractivity contribution in [3.63, 3.8) is 0 Å². The van der Waals surface area contributed by atoms with Crippen LogP contribution < -0.4 is 10.6 Å². The summed E-state index contributed by atoms with van der Waals surface area (Å²) >= 11 is 2.80. The number of carboxylic acids is 1. The van der Waals surface area contributed by atoms with Crippen LogP contribution in [0.25, 0.3) is 0 Å². The number of ether oxygens (including phenoxy) is 1. The molecular weight excluding hydrogens is 442 g/mol. The van der Waals surface area contributed by atoms with Crippen molar-refractivity contribution in [2.75, 3.05) is 0 Å². The van der Waals surface area contributed by atoms with Crippen LogP contribution in [0.1, 0.15) is 45.0 Å². The lowest BCUT2D eigenvalue weighted by atomic mass is 10.0. The second kappa shape index (κ2) is 8.91. The number of thiophene rings is 1. The molecule has 1 fully saturated rings. The van der Waals surface area contributed by atoms with Gasteiger partial charge in [-0.3, -0.25) is 14.5 Å². The Kier molecular flexibility index (Phi) is 6.65. The fraction of sp³-hybridized carbons (Fsp3) is 0.500. The van der Waals surface area contributed by atoms with Gasteiger partial charge in [-0.05, 0) is 45.2 Å². The summed E-state index contributed by atoms with van der Waals surface area (Å²) < 4.78 is 5.29. The number of carboxylic acid groups (broad SMARTS) is 1. The van der Waals surface area contributed by atoms with Gasteiger partial charge in [-0.15, -0.1) is 23.1 Å². The highest BCUT2D eigenvalue weighted by molar-refractivity contribution is 8.00. The molecule has 3 amide bonds. The van der Waals surface area contributed by atoms with E-state index in [1.54, 1.807) is 26.8 Å². The number of nitrogens with one attached hydrogen (secondary N) is 2. The van der Waals surface area contributed by atoms with Crippen molar-refractivity contribution in [3.8, 4) is 0 Å². The molecule has 3 rings (SSSR count). The largest absolute Gasteiger partial charge is 0.477 e. The number of hydrogen-bond donors (Lipinski definition) is 3. The first-order valence-corrected chi connectivity index (χ1v) is 11.5. The summed E-state index contributed by atoms with van der Waals surface area (Å²) in [5, 5.41) is 16.0. The molecule has 9 nitrogen and oxygen atoms in total. The second-order valence-electron chi connectivity index (χ2n) is 8.26. The third-order valence-corrected chi connectivity index (χ3v) is 6.87. The molecule has 0 spiro atoms. The maximum atomic E-state index is 12.7. The zero-order chi connectivity index (χ0) is 22.9. The first-order valence-electron chi connectivity index (χ1n) is 9.72. The number of thioether (sulfide) groups is 1. The normalized spacial score (nSPS) is 23.7. The summed E-state index contributed by atoms with van der Waals surface area (Å²) in [7, 11) is 0. The van der Waals surface area contributed by atoms with Gasteiger partial charge in [0.05, 0.1) is 12.5 Å². The van der Waals surface area contributed by atoms with Crippen LogP contribution in [-0.2, 0) is 19.1 Å². The number of alkyl carbamates (subject to hydrolysis) is 1. The van der Waals surface area contributed by atoms with E-state index in [2.05, 4.69) is 10.6 Å². The quantitative estimate of drug-likeness (QED) is 0.549. The Morgan fingerprint density at radius 2 is 2.03 bits per heavy atom. The number of carbonyl (C=O) groups excluding carboxylic acids is 3. The number of fused-ring (bicyclic) bond motifs is 1. The van der Waals surface area contributed by atoms with Gasteiger partial charge in [0.15, 0.2) is 0 Å². The molecule has 11 heteroatoms. The van der Waals surface area contributed by atoms with Crippen molar-refractivity contribution in [2.45, 2.75) is 62.4 Å². The SMILES string of the molecule is CC1C=C(C(=O)O)N2C(=O)C(NC(=O)CC(NC(=O)OC(C)(C)C)c3cccs3)[C@H]2S1. The van der Waals surface area contributed by atoms with Crippen molar-refractivity contribution >= 4 is 47.0 Å². The molecule has 0 bridgehead atoms. The van der Waals surface area contributed by atoms with E-state index in [1.807, 2.05) is 18.4 Å². The predicted molar refractivity (Wildman–Crippen MR) is 116 cm³/mol. The Bertz CT molecular complexity index is 909. The minimum absolute atomic E-state index is 0.0604. The number of nitrogens with zero attached hydrogens (tertiary/aromatic N) is 1. The number of rotatable bonds is 6. The van der Waals surface area contributed by atoms with E-state index >= 15 is 0 Å².